The standard InChI is InChI=1S/C7H6BrN3S2/c1-9-7-10-6(11-13-7)4-2-3-5(8)12-4/h2-3H,1H3,(H,9,10,11). The van der Waals surface area contributed by atoms with Gasteiger partial charge in [-0.1, -0.05) is 0 Å². The Kier molecular flexibility index (Phi) is 2.61. The van der Waals surface area contributed by atoms with Gasteiger partial charge in [-0.25, -0.2) is 0 Å². The third kappa shape index (κ3) is 1.90. The summed E-state index contributed by atoms with van der Waals surface area (Å²) in [5, 5.41) is 3.81. The molecule has 68 valence electrons. The molecule has 0 aromatic carbocycles. The average molecular weight is 276 g/mol. The SMILES string of the molecule is CNc1nc(-c2ccc(Br)s2)ns1. The molecular formula is C7H6BrN3S2. The number of anilines is 1. The molecule has 6 heteroatoms. The van der Waals surface area contributed by atoms with Crippen molar-refractivity contribution in [2.75, 3.05) is 12.4 Å². The van der Waals surface area contributed by atoms with Crippen LogP contribution in [0.25, 0.3) is 10.7 Å². The minimum absolute atomic E-state index is 0.796. The third-order valence-electron chi connectivity index (χ3n) is 1.43. The fourth-order valence-corrected chi connectivity index (χ4v) is 2.77. The zero-order valence-corrected chi connectivity index (χ0v) is 9.96. The summed E-state index contributed by atoms with van der Waals surface area (Å²) in [4.78, 5) is 5.39. The first-order valence-corrected chi connectivity index (χ1v) is 5.95. The molecule has 13 heavy (non-hydrogen) atoms. The first kappa shape index (κ1) is 9.11. The maximum Gasteiger partial charge on any atom is 0.202 e. The maximum atomic E-state index is 4.30. The van der Waals surface area contributed by atoms with Gasteiger partial charge in [0, 0.05) is 18.6 Å². The molecule has 0 aliphatic rings. The van der Waals surface area contributed by atoms with E-state index in [-0.39, 0.29) is 0 Å². The van der Waals surface area contributed by atoms with Crippen molar-refractivity contribution < 1.29 is 0 Å². The fourth-order valence-electron chi connectivity index (χ4n) is 0.860. The normalized spacial score (nSPS) is 10.3. The van der Waals surface area contributed by atoms with Gasteiger partial charge in [0.2, 0.25) is 5.13 Å². The van der Waals surface area contributed by atoms with Crippen LogP contribution in [-0.4, -0.2) is 16.4 Å². The second-order valence-electron chi connectivity index (χ2n) is 2.28. The van der Waals surface area contributed by atoms with Gasteiger partial charge in [-0.2, -0.15) is 9.36 Å². The van der Waals surface area contributed by atoms with Crippen molar-refractivity contribution in [1.29, 1.82) is 0 Å². The molecule has 2 aromatic rings. The Labute approximate surface area is 92.1 Å². The summed E-state index contributed by atoms with van der Waals surface area (Å²) in [6, 6.07) is 4.01. The molecule has 0 atom stereocenters. The molecule has 0 fully saturated rings. The monoisotopic (exact) mass is 275 g/mol. The summed E-state index contributed by atoms with van der Waals surface area (Å²) < 4.78 is 5.33. The van der Waals surface area contributed by atoms with Gasteiger partial charge in [0.25, 0.3) is 0 Å². The number of nitrogens with one attached hydrogen (secondary N) is 1. The van der Waals surface area contributed by atoms with E-state index in [0.717, 1.165) is 19.6 Å². The lowest BCUT2D eigenvalue weighted by Crippen LogP contribution is -1.85. The van der Waals surface area contributed by atoms with E-state index in [1.165, 1.54) is 11.5 Å². The van der Waals surface area contributed by atoms with Gasteiger partial charge in [-0.3, -0.25) is 0 Å². The van der Waals surface area contributed by atoms with Crippen LogP contribution in [0.3, 0.4) is 0 Å². The highest BCUT2D eigenvalue weighted by Crippen LogP contribution is 2.30. The van der Waals surface area contributed by atoms with Crippen molar-refractivity contribution in [2.24, 2.45) is 0 Å². The van der Waals surface area contributed by atoms with Crippen molar-refractivity contribution in [3.63, 3.8) is 0 Å². The summed E-state index contributed by atoms with van der Waals surface area (Å²) in [5.41, 5.74) is 0. The molecule has 0 spiro atoms. The van der Waals surface area contributed by atoms with Gasteiger partial charge in [0.1, 0.15) is 0 Å². The number of hydrogen-bond donors (Lipinski definition) is 1. The molecule has 1 N–H and O–H groups in total. The molecular weight excluding hydrogens is 270 g/mol. The Balaban J connectivity index is 2.35. The van der Waals surface area contributed by atoms with Crippen LogP contribution in [0.2, 0.25) is 0 Å². The van der Waals surface area contributed by atoms with Crippen molar-refractivity contribution in [1.82, 2.24) is 9.36 Å². The van der Waals surface area contributed by atoms with Crippen LogP contribution in [-0.2, 0) is 0 Å². The highest BCUT2D eigenvalue weighted by atomic mass is 79.9. The highest BCUT2D eigenvalue weighted by molar-refractivity contribution is 9.11. The average Bonchev–Trinajstić information content (AvgIpc) is 2.71. The lowest BCUT2D eigenvalue weighted by Gasteiger charge is -1.86. The predicted molar refractivity (Wildman–Crippen MR) is 60.5 cm³/mol. The first-order chi connectivity index (χ1) is 6.29. The molecule has 2 aromatic heterocycles. The van der Waals surface area contributed by atoms with Crippen LogP contribution in [0.15, 0.2) is 15.9 Å². The van der Waals surface area contributed by atoms with Crippen LogP contribution in [0.1, 0.15) is 0 Å². The highest BCUT2D eigenvalue weighted by Gasteiger charge is 2.07. The number of aromatic nitrogens is 2. The van der Waals surface area contributed by atoms with Gasteiger partial charge in [0.05, 0.1) is 8.66 Å². The van der Waals surface area contributed by atoms with E-state index in [4.69, 9.17) is 0 Å². The molecule has 3 nitrogen and oxygen atoms in total. The molecule has 2 heterocycles. The number of halogens is 1. The Morgan fingerprint density at radius 3 is 2.85 bits per heavy atom. The van der Waals surface area contributed by atoms with Gasteiger partial charge in [-0.15, -0.1) is 11.3 Å². The summed E-state index contributed by atoms with van der Waals surface area (Å²) in [7, 11) is 1.84. The Morgan fingerprint density at radius 2 is 2.31 bits per heavy atom. The minimum Gasteiger partial charge on any atom is -0.363 e. The van der Waals surface area contributed by atoms with E-state index >= 15 is 0 Å². The van der Waals surface area contributed by atoms with E-state index in [1.807, 2.05) is 19.2 Å². The van der Waals surface area contributed by atoms with Crippen LogP contribution < -0.4 is 5.32 Å². The number of rotatable bonds is 2. The second-order valence-corrected chi connectivity index (χ2v) is 5.49. The Hall–Kier alpha value is -0.460. The molecule has 0 saturated carbocycles. The van der Waals surface area contributed by atoms with Gasteiger partial charge >= 0.3 is 0 Å². The van der Waals surface area contributed by atoms with Crippen molar-refractivity contribution >= 4 is 43.9 Å². The zero-order chi connectivity index (χ0) is 9.26. The summed E-state index contributed by atoms with van der Waals surface area (Å²) in [6.07, 6.45) is 0. The predicted octanol–water partition coefficient (Wildman–Crippen LogP) is 3.07. The Bertz CT molecular complexity index is 409. The summed E-state index contributed by atoms with van der Waals surface area (Å²) in [5.74, 6) is 0.796. The quantitative estimate of drug-likeness (QED) is 0.916. The molecule has 2 rings (SSSR count). The largest absolute Gasteiger partial charge is 0.363 e. The van der Waals surface area contributed by atoms with E-state index < -0.39 is 0 Å². The molecule has 0 radical (unpaired) electrons. The number of hydrogen-bond acceptors (Lipinski definition) is 5. The van der Waals surface area contributed by atoms with Crippen LogP contribution in [0, 0.1) is 0 Å². The molecule has 0 bridgehead atoms. The van der Waals surface area contributed by atoms with Crippen LogP contribution in [0.5, 0.6) is 0 Å². The fraction of sp³-hybridized carbons (Fsp3) is 0.143. The van der Waals surface area contributed by atoms with Crippen molar-refractivity contribution in [3.05, 3.63) is 15.9 Å². The maximum absolute atomic E-state index is 4.30. The van der Waals surface area contributed by atoms with E-state index in [2.05, 4.69) is 30.6 Å². The zero-order valence-electron chi connectivity index (χ0n) is 6.74. The summed E-state index contributed by atoms with van der Waals surface area (Å²) in [6.45, 7) is 0. The lowest BCUT2D eigenvalue weighted by atomic mass is 10.4. The molecule has 0 aliphatic heterocycles. The number of nitrogens with zero attached hydrogens (tertiary/aromatic N) is 2. The smallest absolute Gasteiger partial charge is 0.202 e. The number of thiophene rings is 1. The van der Waals surface area contributed by atoms with Gasteiger partial charge in [0.15, 0.2) is 5.82 Å². The Morgan fingerprint density at radius 1 is 1.46 bits per heavy atom. The van der Waals surface area contributed by atoms with E-state index in [9.17, 15) is 0 Å². The van der Waals surface area contributed by atoms with Crippen molar-refractivity contribution in [3.8, 4) is 10.7 Å². The van der Waals surface area contributed by atoms with E-state index in [0.29, 0.717) is 0 Å². The lowest BCUT2D eigenvalue weighted by molar-refractivity contribution is 1.32. The third-order valence-corrected chi connectivity index (χ3v) is 3.79. The van der Waals surface area contributed by atoms with Crippen LogP contribution in [0.4, 0.5) is 5.13 Å². The van der Waals surface area contributed by atoms with Gasteiger partial charge < -0.3 is 5.32 Å². The molecule has 0 unspecified atom stereocenters. The first-order valence-electron chi connectivity index (χ1n) is 3.57. The van der Waals surface area contributed by atoms with Crippen LogP contribution >= 0.6 is 38.8 Å². The second kappa shape index (κ2) is 3.73. The molecule has 0 aliphatic carbocycles. The van der Waals surface area contributed by atoms with Gasteiger partial charge in [-0.05, 0) is 28.1 Å². The van der Waals surface area contributed by atoms with Crippen molar-refractivity contribution in [2.45, 2.75) is 0 Å². The summed E-state index contributed by atoms with van der Waals surface area (Å²) >= 11 is 6.41. The molecule has 0 amide bonds. The van der Waals surface area contributed by atoms with E-state index in [1.54, 1.807) is 11.3 Å². The topological polar surface area (TPSA) is 37.8 Å². The molecule has 0 saturated heterocycles. The minimum atomic E-state index is 0.796.